The van der Waals surface area contributed by atoms with Gasteiger partial charge < -0.3 is 14.5 Å². The topological polar surface area (TPSA) is 58.6 Å². The van der Waals surface area contributed by atoms with Crippen molar-refractivity contribution in [2.24, 2.45) is 0 Å². The van der Waals surface area contributed by atoms with Gasteiger partial charge in [-0.05, 0) is 32.3 Å². The summed E-state index contributed by atoms with van der Waals surface area (Å²) in [6.07, 6.45) is 3.44. The van der Waals surface area contributed by atoms with E-state index in [4.69, 9.17) is 4.74 Å². The summed E-state index contributed by atoms with van der Waals surface area (Å²) in [5.74, 6) is 1.06. The third-order valence-electron chi connectivity index (χ3n) is 5.00. The van der Waals surface area contributed by atoms with Crippen LogP contribution < -0.4 is 4.90 Å². The van der Waals surface area contributed by atoms with Gasteiger partial charge in [-0.3, -0.25) is 4.79 Å². The molecule has 24 heavy (non-hydrogen) atoms. The van der Waals surface area contributed by atoms with Gasteiger partial charge in [0.2, 0.25) is 0 Å². The Balaban J connectivity index is 1.61. The van der Waals surface area contributed by atoms with E-state index >= 15 is 0 Å². The predicted octanol–water partition coefficient (Wildman–Crippen LogP) is 2.14. The number of aromatic nitrogens is 2. The number of carbonyl (C=O) groups excluding carboxylic acids is 1. The number of morpholine rings is 1. The van der Waals surface area contributed by atoms with Crippen LogP contribution in [0.3, 0.4) is 0 Å². The van der Waals surface area contributed by atoms with Crippen LogP contribution in [0.4, 0.5) is 5.82 Å². The van der Waals surface area contributed by atoms with E-state index in [1.807, 2.05) is 4.90 Å². The summed E-state index contributed by atoms with van der Waals surface area (Å²) in [7, 11) is 0. The summed E-state index contributed by atoms with van der Waals surface area (Å²) in [6.45, 7) is 7.83. The Kier molecular flexibility index (Phi) is 4.14. The molecule has 2 aliphatic heterocycles. The van der Waals surface area contributed by atoms with E-state index in [1.165, 1.54) is 10.4 Å². The molecule has 6 nitrogen and oxygen atoms in total. The lowest BCUT2D eigenvalue weighted by Gasteiger charge is -2.35. The molecule has 0 aromatic carbocycles. The molecule has 2 fully saturated rings. The fourth-order valence-corrected chi connectivity index (χ4v) is 4.53. The van der Waals surface area contributed by atoms with Crippen molar-refractivity contribution in [2.75, 3.05) is 37.7 Å². The minimum atomic E-state index is -0.387. The zero-order chi connectivity index (χ0) is 16.7. The first-order valence-electron chi connectivity index (χ1n) is 8.51. The molecule has 0 saturated carbocycles. The summed E-state index contributed by atoms with van der Waals surface area (Å²) < 4.78 is 5.78. The lowest BCUT2D eigenvalue weighted by Crippen LogP contribution is -2.50. The first-order valence-corrected chi connectivity index (χ1v) is 9.33. The average molecular weight is 346 g/mol. The first-order chi connectivity index (χ1) is 11.6. The van der Waals surface area contributed by atoms with Gasteiger partial charge in [0.25, 0.3) is 5.91 Å². The van der Waals surface area contributed by atoms with Gasteiger partial charge in [0.1, 0.15) is 17.0 Å². The van der Waals surface area contributed by atoms with E-state index in [-0.39, 0.29) is 12.0 Å². The number of nitrogens with zero attached hydrogens (tertiary/aromatic N) is 4. The summed E-state index contributed by atoms with van der Waals surface area (Å²) in [6, 6.07) is 0. The number of fused-ring (bicyclic) bond motifs is 1. The van der Waals surface area contributed by atoms with Crippen LogP contribution in [0.25, 0.3) is 10.2 Å². The number of carbonyl (C=O) groups is 1. The third kappa shape index (κ3) is 2.65. The molecule has 128 valence electrons. The standard InChI is InChI=1S/C17H22N4O2S/c1-11-12(2)24-16-14(11)15(18-10-19-16)21-7-8-23-13(9-21)17(22)20-5-3-4-6-20/h10,13H,3-9H2,1-2H3. The van der Waals surface area contributed by atoms with Gasteiger partial charge >= 0.3 is 0 Å². The van der Waals surface area contributed by atoms with Crippen LogP contribution in [0.15, 0.2) is 6.33 Å². The van der Waals surface area contributed by atoms with Crippen molar-refractivity contribution >= 4 is 33.3 Å². The molecule has 4 heterocycles. The number of ether oxygens (including phenoxy) is 1. The van der Waals surface area contributed by atoms with Crippen LogP contribution in [0.5, 0.6) is 0 Å². The Morgan fingerprint density at radius 3 is 2.83 bits per heavy atom. The Bertz CT molecular complexity index is 769. The van der Waals surface area contributed by atoms with Crippen LogP contribution in [0.1, 0.15) is 23.3 Å². The Morgan fingerprint density at radius 2 is 2.04 bits per heavy atom. The van der Waals surface area contributed by atoms with E-state index in [2.05, 4.69) is 28.7 Å². The molecule has 2 saturated heterocycles. The van der Waals surface area contributed by atoms with E-state index in [0.717, 1.165) is 48.5 Å². The van der Waals surface area contributed by atoms with E-state index in [1.54, 1.807) is 17.7 Å². The Labute approximate surface area is 145 Å². The molecular formula is C17H22N4O2S. The number of hydrogen-bond donors (Lipinski definition) is 0. The second-order valence-corrected chi connectivity index (χ2v) is 7.70. The van der Waals surface area contributed by atoms with Gasteiger partial charge in [0, 0.05) is 24.5 Å². The van der Waals surface area contributed by atoms with Crippen molar-refractivity contribution < 1.29 is 9.53 Å². The van der Waals surface area contributed by atoms with E-state index in [0.29, 0.717) is 13.2 Å². The van der Waals surface area contributed by atoms with Crippen LogP contribution in [-0.4, -0.2) is 59.7 Å². The number of likely N-dealkylation sites (tertiary alicyclic amines) is 1. The fourth-order valence-electron chi connectivity index (χ4n) is 3.54. The minimum absolute atomic E-state index is 0.126. The Morgan fingerprint density at radius 1 is 1.25 bits per heavy atom. The summed E-state index contributed by atoms with van der Waals surface area (Å²) in [4.78, 5) is 28.0. The van der Waals surface area contributed by atoms with Crippen LogP contribution >= 0.6 is 11.3 Å². The Hall–Kier alpha value is -1.73. The summed E-state index contributed by atoms with van der Waals surface area (Å²) >= 11 is 1.70. The highest BCUT2D eigenvalue weighted by Crippen LogP contribution is 2.34. The first kappa shape index (κ1) is 15.8. The molecule has 2 aromatic rings. The number of rotatable bonds is 2. The van der Waals surface area contributed by atoms with Crippen molar-refractivity contribution in [3.63, 3.8) is 0 Å². The summed E-state index contributed by atoms with van der Waals surface area (Å²) in [5.41, 5.74) is 1.24. The van der Waals surface area contributed by atoms with Gasteiger partial charge in [0.05, 0.1) is 18.5 Å². The molecule has 1 atom stereocenters. The van der Waals surface area contributed by atoms with Crippen molar-refractivity contribution in [2.45, 2.75) is 32.8 Å². The maximum absolute atomic E-state index is 12.7. The molecule has 0 bridgehead atoms. The lowest BCUT2D eigenvalue weighted by atomic mass is 10.1. The number of hydrogen-bond acceptors (Lipinski definition) is 6. The molecule has 4 rings (SSSR count). The summed E-state index contributed by atoms with van der Waals surface area (Å²) in [5, 5.41) is 1.12. The largest absolute Gasteiger partial charge is 0.365 e. The molecule has 7 heteroatoms. The predicted molar refractivity (Wildman–Crippen MR) is 94.7 cm³/mol. The van der Waals surface area contributed by atoms with Crippen molar-refractivity contribution in [1.29, 1.82) is 0 Å². The van der Waals surface area contributed by atoms with Crippen molar-refractivity contribution in [3.05, 3.63) is 16.8 Å². The monoisotopic (exact) mass is 346 g/mol. The van der Waals surface area contributed by atoms with E-state index in [9.17, 15) is 4.79 Å². The van der Waals surface area contributed by atoms with Crippen LogP contribution in [-0.2, 0) is 9.53 Å². The quantitative estimate of drug-likeness (QED) is 0.834. The molecule has 2 aliphatic rings. The normalized spacial score (nSPS) is 21.7. The molecule has 0 N–H and O–H groups in total. The maximum atomic E-state index is 12.7. The zero-order valence-corrected chi connectivity index (χ0v) is 14.9. The molecule has 0 aliphatic carbocycles. The molecule has 1 unspecified atom stereocenters. The average Bonchev–Trinajstić information content (AvgIpc) is 3.23. The third-order valence-corrected chi connectivity index (χ3v) is 6.12. The highest BCUT2D eigenvalue weighted by molar-refractivity contribution is 7.18. The smallest absolute Gasteiger partial charge is 0.253 e. The van der Waals surface area contributed by atoms with Gasteiger partial charge in [-0.1, -0.05) is 0 Å². The zero-order valence-electron chi connectivity index (χ0n) is 14.1. The van der Waals surface area contributed by atoms with E-state index < -0.39 is 0 Å². The van der Waals surface area contributed by atoms with Gasteiger partial charge in [-0.2, -0.15) is 0 Å². The molecule has 0 spiro atoms. The fraction of sp³-hybridized carbons (Fsp3) is 0.588. The van der Waals surface area contributed by atoms with Gasteiger partial charge in [-0.25, -0.2) is 9.97 Å². The van der Waals surface area contributed by atoms with Crippen LogP contribution in [0, 0.1) is 13.8 Å². The number of aryl methyl sites for hydroxylation is 2. The highest BCUT2D eigenvalue weighted by atomic mass is 32.1. The molecular weight excluding hydrogens is 324 g/mol. The minimum Gasteiger partial charge on any atom is -0.365 e. The van der Waals surface area contributed by atoms with Gasteiger partial charge in [0.15, 0.2) is 6.10 Å². The number of amides is 1. The second-order valence-electron chi connectivity index (χ2n) is 6.50. The molecule has 1 amide bonds. The van der Waals surface area contributed by atoms with Crippen molar-refractivity contribution in [1.82, 2.24) is 14.9 Å². The lowest BCUT2D eigenvalue weighted by molar-refractivity contribution is -0.143. The SMILES string of the molecule is Cc1sc2ncnc(N3CCOC(C(=O)N4CCCC4)C3)c2c1C. The molecule has 0 radical (unpaired) electrons. The number of anilines is 1. The highest BCUT2D eigenvalue weighted by Gasteiger charge is 2.32. The van der Waals surface area contributed by atoms with Gasteiger partial charge in [-0.15, -0.1) is 11.3 Å². The second kappa shape index (κ2) is 6.29. The molecule has 2 aromatic heterocycles. The number of thiophene rings is 1. The van der Waals surface area contributed by atoms with Crippen LogP contribution in [0.2, 0.25) is 0 Å². The maximum Gasteiger partial charge on any atom is 0.253 e. The van der Waals surface area contributed by atoms with Crippen molar-refractivity contribution in [3.8, 4) is 0 Å².